The minimum absolute atomic E-state index is 0. The third kappa shape index (κ3) is 36.0. The van der Waals surface area contributed by atoms with Crippen molar-refractivity contribution < 1.29 is 19.5 Å². The fourth-order valence-corrected chi connectivity index (χ4v) is 0.879. The molecule has 0 rings (SSSR count). The summed E-state index contributed by atoms with van der Waals surface area (Å²) in [5, 5.41) is 8.81. The van der Waals surface area contributed by atoms with E-state index < -0.39 is 6.10 Å². The first-order valence-electron chi connectivity index (χ1n) is 5.52. The van der Waals surface area contributed by atoms with Crippen LogP contribution in [0.2, 0.25) is 0 Å². The molecule has 0 aromatic heterocycles. The Labute approximate surface area is 127 Å². The Balaban J connectivity index is -0.0000000408. The first kappa shape index (κ1) is 36.4. The van der Waals surface area contributed by atoms with Crippen LogP contribution < -0.4 is 0 Å². The number of Topliss-reactive ketones (excluding diaryl/α,β-unsaturated/α-hetero) is 3. The van der Waals surface area contributed by atoms with Crippen LogP contribution in [0.3, 0.4) is 0 Å². The summed E-state index contributed by atoms with van der Waals surface area (Å²) in [5.74, 6) is 0.0358. The van der Waals surface area contributed by atoms with Gasteiger partial charge in [0.2, 0.25) is 0 Å². The molecule has 126 valence electrons. The average molecular weight is 294 g/mol. The third-order valence-corrected chi connectivity index (χ3v) is 1.83. The molecule has 0 aliphatic carbocycles. The maximum absolute atomic E-state index is 10.4. The van der Waals surface area contributed by atoms with Gasteiger partial charge in [-0.25, -0.2) is 0 Å². The van der Waals surface area contributed by atoms with Gasteiger partial charge in [0.15, 0.2) is 0 Å². The van der Waals surface area contributed by atoms with E-state index in [1.807, 2.05) is 6.92 Å². The number of aliphatic hydroxyl groups excluding tert-OH is 1. The summed E-state index contributed by atoms with van der Waals surface area (Å²) in [4.78, 5) is 30.8. The monoisotopic (exact) mass is 294 g/mol. The number of rotatable bonds is 6. The molecule has 0 radical (unpaired) electrons. The summed E-state index contributed by atoms with van der Waals surface area (Å²) in [7, 11) is 0. The van der Waals surface area contributed by atoms with E-state index in [1.165, 1.54) is 13.8 Å². The zero-order chi connectivity index (χ0) is 13.1. The van der Waals surface area contributed by atoms with Gasteiger partial charge in [0.25, 0.3) is 0 Å². The van der Waals surface area contributed by atoms with E-state index in [0.29, 0.717) is 19.3 Å². The number of carbonyl (C=O) groups is 3. The molecule has 0 aromatic rings. The standard InChI is InChI=1S/C6H12O2.C6H10O2.4CH4/c2*1-3-6(8)4-5(2)7;;;;/h6,8H,3-4H2,1-2H3;3-4H2,1-2H3;4*1H4. The maximum atomic E-state index is 10.4. The quantitative estimate of drug-likeness (QED) is 0.744. The van der Waals surface area contributed by atoms with Crippen molar-refractivity contribution in [2.45, 2.75) is 89.2 Å². The molecule has 4 nitrogen and oxygen atoms in total. The van der Waals surface area contributed by atoms with Gasteiger partial charge in [-0.3, -0.25) is 14.4 Å². The molecule has 0 saturated heterocycles. The van der Waals surface area contributed by atoms with E-state index in [-0.39, 0.29) is 53.5 Å². The Morgan fingerprint density at radius 1 is 0.900 bits per heavy atom. The van der Waals surface area contributed by atoms with Crippen LogP contribution in [0.1, 0.15) is 83.1 Å². The smallest absolute Gasteiger partial charge is 0.139 e. The van der Waals surface area contributed by atoms with Crippen LogP contribution >= 0.6 is 0 Å². The molecule has 1 unspecified atom stereocenters. The lowest BCUT2D eigenvalue weighted by atomic mass is 10.1. The molecule has 0 spiro atoms. The summed E-state index contributed by atoms with van der Waals surface area (Å²) in [5.41, 5.74) is 0. The van der Waals surface area contributed by atoms with Gasteiger partial charge < -0.3 is 5.11 Å². The fourth-order valence-electron chi connectivity index (χ4n) is 0.879. The SMILES string of the molecule is C.C.C.C.CCC(=O)CC(C)=O.CCC(O)CC(C)=O. The Morgan fingerprint density at radius 2 is 1.30 bits per heavy atom. The van der Waals surface area contributed by atoms with Gasteiger partial charge in [0.05, 0.1) is 12.5 Å². The second-order valence-corrected chi connectivity index (χ2v) is 3.74. The molecule has 0 fully saturated rings. The first-order valence-corrected chi connectivity index (χ1v) is 5.52. The zero-order valence-corrected chi connectivity index (χ0v) is 10.6. The summed E-state index contributed by atoms with van der Waals surface area (Å²) in [6.07, 6.45) is 1.12. The van der Waals surface area contributed by atoms with Gasteiger partial charge in [-0.2, -0.15) is 0 Å². The van der Waals surface area contributed by atoms with Crippen molar-refractivity contribution in [2.24, 2.45) is 0 Å². The summed E-state index contributed by atoms with van der Waals surface area (Å²) >= 11 is 0. The van der Waals surface area contributed by atoms with E-state index in [4.69, 9.17) is 5.11 Å². The minimum atomic E-state index is -0.424. The summed E-state index contributed by atoms with van der Waals surface area (Å²) in [6.45, 7) is 6.52. The Morgan fingerprint density at radius 3 is 1.40 bits per heavy atom. The Kier molecular flexibility index (Phi) is 42.0. The number of ketones is 3. The largest absolute Gasteiger partial charge is 0.393 e. The molecule has 1 atom stereocenters. The van der Waals surface area contributed by atoms with Crippen molar-refractivity contribution in [3.05, 3.63) is 0 Å². The van der Waals surface area contributed by atoms with Crippen LogP contribution in [0.5, 0.6) is 0 Å². The van der Waals surface area contributed by atoms with Crippen LogP contribution in [0, 0.1) is 0 Å². The highest BCUT2D eigenvalue weighted by Crippen LogP contribution is 1.95. The van der Waals surface area contributed by atoms with E-state index in [1.54, 1.807) is 6.92 Å². The second-order valence-electron chi connectivity index (χ2n) is 3.74. The van der Waals surface area contributed by atoms with Crippen molar-refractivity contribution in [3.8, 4) is 0 Å². The van der Waals surface area contributed by atoms with Crippen molar-refractivity contribution in [1.82, 2.24) is 0 Å². The van der Waals surface area contributed by atoms with Crippen LogP contribution in [-0.2, 0) is 14.4 Å². The number of carbonyl (C=O) groups excluding carboxylic acids is 3. The van der Waals surface area contributed by atoms with Crippen LogP contribution in [0.25, 0.3) is 0 Å². The lowest BCUT2D eigenvalue weighted by Crippen LogP contribution is -2.08. The lowest BCUT2D eigenvalue weighted by molar-refractivity contribution is -0.125. The molecule has 1 N–H and O–H groups in total. The van der Waals surface area contributed by atoms with Gasteiger partial charge >= 0.3 is 0 Å². The summed E-state index contributed by atoms with van der Waals surface area (Å²) in [6, 6.07) is 0. The van der Waals surface area contributed by atoms with Crippen LogP contribution in [0.4, 0.5) is 0 Å². The van der Waals surface area contributed by atoms with Crippen LogP contribution in [0.15, 0.2) is 0 Å². The van der Waals surface area contributed by atoms with Crippen molar-refractivity contribution in [3.63, 3.8) is 0 Å². The highest BCUT2D eigenvalue weighted by atomic mass is 16.3. The van der Waals surface area contributed by atoms with Gasteiger partial charge in [-0.05, 0) is 20.3 Å². The van der Waals surface area contributed by atoms with E-state index in [9.17, 15) is 14.4 Å². The van der Waals surface area contributed by atoms with Crippen molar-refractivity contribution in [1.29, 1.82) is 0 Å². The number of hydrogen-bond acceptors (Lipinski definition) is 4. The van der Waals surface area contributed by atoms with Gasteiger partial charge in [-0.1, -0.05) is 43.6 Å². The Bertz CT molecular complexity index is 235. The third-order valence-electron chi connectivity index (χ3n) is 1.83. The molecule has 0 bridgehead atoms. The predicted molar refractivity (Wildman–Crippen MR) is 89.1 cm³/mol. The molecule has 0 heterocycles. The maximum Gasteiger partial charge on any atom is 0.139 e. The number of hydrogen-bond donors (Lipinski definition) is 1. The fraction of sp³-hybridized carbons (Fsp3) is 0.812. The van der Waals surface area contributed by atoms with Gasteiger partial charge in [-0.15, -0.1) is 0 Å². The first-order chi connectivity index (χ1) is 7.33. The predicted octanol–water partition coefficient (Wildman–Crippen LogP) is 4.23. The van der Waals surface area contributed by atoms with E-state index in [2.05, 4.69) is 0 Å². The molecule has 4 heteroatoms. The summed E-state index contributed by atoms with van der Waals surface area (Å²) < 4.78 is 0. The molecule has 0 saturated carbocycles. The second kappa shape index (κ2) is 23.1. The zero-order valence-electron chi connectivity index (χ0n) is 10.6. The van der Waals surface area contributed by atoms with Gasteiger partial charge in [0.1, 0.15) is 17.3 Å². The van der Waals surface area contributed by atoms with Crippen molar-refractivity contribution in [2.75, 3.05) is 0 Å². The molecular formula is C16H38O4. The molecule has 20 heavy (non-hydrogen) atoms. The normalized spacial score (nSPS) is 8.85. The lowest BCUT2D eigenvalue weighted by Gasteiger charge is -2.01. The van der Waals surface area contributed by atoms with Crippen LogP contribution in [-0.4, -0.2) is 28.6 Å². The molecule has 0 amide bonds. The van der Waals surface area contributed by atoms with E-state index in [0.717, 1.165) is 0 Å². The van der Waals surface area contributed by atoms with Gasteiger partial charge in [0, 0.05) is 12.8 Å². The van der Waals surface area contributed by atoms with Crippen molar-refractivity contribution >= 4 is 17.3 Å². The number of aliphatic hydroxyl groups is 1. The average Bonchev–Trinajstić information content (AvgIpc) is 2.16. The molecular weight excluding hydrogens is 256 g/mol. The Hall–Kier alpha value is -1.03. The highest BCUT2D eigenvalue weighted by molar-refractivity contribution is 5.97. The van der Waals surface area contributed by atoms with E-state index >= 15 is 0 Å². The topological polar surface area (TPSA) is 71.4 Å². The molecule has 0 aromatic carbocycles. The molecule has 0 aliphatic heterocycles. The molecule has 0 aliphatic rings. The minimum Gasteiger partial charge on any atom is -0.393 e. The highest BCUT2D eigenvalue weighted by Gasteiger charge is 2.02.